The molecule has 2 aromatic carbocycles. The molecule has 0 saturated carbocycles. The molecule has 0 bridgehead atoms. The summed E-state index contributed by atoms with van der Waals surface area (Å²) in [5, 5.41) is 3.94. The normalized spacial score (nSPS) is 16.4. The fraction of sp³-hybridized carbons (Fsp3) is 0.273. The molecule has 7 heteroatoms. The lowest BCUT2D eigenvalue weighted by atomic mass is 9.98. The number of rotatable bonds is 6. The van der Waals surface area contributed by atoms with E-state index in [9.17, 15) is 13.2 Å². The van der Waals surface area contributed by atoms with Crippen molar-refractivity contribution in [3.05, 3.63) is 71.8 Å². The van der Waals surface area contributed by atoms with E-state index in [-0.39, 0.29) is 11.8 Å². The zero-order valence-electron chi connectivity index (χ0n) is 16.4. The number of amides is 1. The SMILES string of the molecule is Cc1ccc(S(=O)(=O)N2CCC(C(=O)N/N=C\C=C\c3ccccc3)CC2)cc1. The van der Waals surface area contributed by atoms with E-state index in [0.717, 1.165) is 11.1 Å². The Hall–Kier alpha value is -2.77. The predicted molar refractivity (Wildman–Crippen MR) is 115 cm³/mol. The van der Waals surface area contributed by atoms with Crippen LogP contribution < -0.4 is 5.43 Å². The summed E-state index contributed by atoms with van der Waals surface area (Å²) in [6.45, 7) is 2.57. The summed E-state index contributed by atoms with van der Waals surface area (Å²) in [5.41, 5.74) is 4.60. The van der Waals surface area contributed by atoms with Crippen molar-refractivity contribution in [3.8, 4) is 0 Å². The molecule has 1 heterocycles. The maximum Gasteiger partial charge on any atom is 0.243 e. The van der Waals surface area contributed by atoms with Crippen molar-refractivity contribution in [3.63, 3.8) is 0 Å². The van der Waals surface area contributed by atoms with Gasteiger partial charge >= 0.3 is 0 Å². The van der Waals surface area contributed by atoms with Crippen LogP contribution in [0.5, 0.6) is 0 Å². The highest BCUT2D eigenvalue weighted by molar-refractivity contribution is 7.89. The maximum atomic E-state index is 12.7. The van der Waals surface area contributed by atoms with Crippen molar-refractivity contribution >= 4 is 28.2 Å². The van der Waals surface area contributed by atoms with Crippen molar-refractivity contribution in [1.82, 2.24) is 9.73 Å². The fourth-order valence-electron chi connectivity index (χ4n) is 3.17. The topological polar surface area (TPSA) is 78.8 Å². The predicted octanol–water partition coefficient (Wildman–Crippen LogP) is 3.21. The molecule has 1 amide bonds. The Labute approximate surface area is 172 Å². The van der Waals surface area contributed by atoms with Gasteiger partial charge in [-0.15, -0.1) is 0 Å². The van der Waals surface area contributed by atoms with E-state index in [1.165, 1.54) is 10.5 Å². The number of benzene rings is 2. The van der Waals surface area contributed by atoms with Crippen LogP contribution in [0.4, 0.5) is 0 Å². The molecular weight excluding hydrogens is 386 g/mol. The highest BCUT2D eigenvalue weighted by atomic mass is 32.2. The van der Waals surface area contributed by atoms with Gasteiger partial charge in [0.25, 0.3) is 0 Å². The molecule has 152 valence electrons. The lowest BCUT2D eigenvalue weighted by molar-refractivity contribution is -0.126. The standard InChI is InChI=1S/C22H25N3O3S/c1-18-9-11-21(12-10-18)29(27,28)25-16-13-20(14-17-25)22(26)24-23-15-5-8-19-6-3-2-4-7-19/h2-12,15,20H,13-14,16-17H2,1H3,(H,24,26)/b8-5+,23-15-. The lowest BCUT2D eigenvalue weighted by Crippen LogP contribution is -2.42. The average molecular weight is 412 g/mol. The Morgan fingerprint density at radius 1 is 1.07 bits per heavy atom. The number of aryl methyl sites for hydroxylation is 1. The smallest absolute Gasteiger partial charge is 0.243 e. The number of nitrogens with one attached hydrogen (secondary N) is 1. The zero-order valence-corrected chi connectivity index (χ0v) is 17.2. The summed E-state index contributed by atoms with van der Waals surface area (Å²) in [6, 6.07) is 16.6. The molecule has 6 nitrogen and oxygen atoms in total. The van der Waals surface area contributed by atoms with Crippen molar-refractivity contribution in [2.24, 2.45) is 11.0 Å². The third-order valence-corrected chi connectivity index (χ3v) is 6.82. The second kappa shape index (κ2) is 9.62. The Balaban J connectivity index is 1.48. The Morgan fingerprint density at radius 2 is 1.72 bits per heavy atom. The molecule has 29 heavy (non-hydrogen) atoms. The van der Waals surface area contributed by atoms with Crippen LogP contribution in [0.25, 0.3) is 6.08 Å². The van der Waals surface area contributed by atoms with Gasteiger partial charge in [0.1, 0.15) is 0 Å². The molecule has 0 aliphatic carbocycles. The molecule has 0 spiro atoms. The van der Waals surface area contributed by atoms with Crippen LogP contribution in [0.1, 0.15) is 24.0 Å². The van der Waals surface area contributed by atoms with E-state index in [1.807, 2.05) is 43.3 Å². The second-order valence-electron chi connectivity index (χ2n) is 7.02. The summed E-state index contributed by atoms with van der Waals surface area (Å²) in [5.74, 6) is -0.420. The highest BCUT2D eigenvalue weighted by Crippen LogP contribution is 2.24. The lowest BCUT2D eigenvalue weighted by Gasteiger charge is -2.30. The molecule has 0 radical (unpaired) electrons. The van der Waals surface area contributed by atoms with Crippen molar-refractivity contribution in [2.75, 3.05) is 13.1 Å². The first kappa shape index (κ1) is 21.0. The number of allylic oxidation sites excluding steroid dienone is 1. The van der Waals surface area contributed by atoms with Gasteiger partial charge in [-0.25, -0.2) is 13.8 Å². The third kappa shape index (κ3) is 5.62. The van der Waals surface area contributed by atoms with E-state index in [1.54, 1.807) is 30.3 Å². The summed E-state index contributed by atoms with van der Waals surface area (Å²) in [6.07, 6.45) is 6.14. The van der Waals surface area contributed by atoms with Crippen LogP contribution in [-0.4, -0.2) is 37.9 Å². The number of carbonyl (C=O) groups is 1. The summed E-state index contributed by atoms with van der Waals surface area (Å²) in [7, 11) is -3.52. The average Bonchev–Trinajstić information content (AvgIpc) is 2.74. The molecule has 0 aromatic heterocycles. The van der Waals surface area contributed by atoms with E-state index in [0.29, 0.717) is 30.8 Å². The largest absolute Gasteiger partial charge is 0.273 e. The van der Waals surface area contributed by atoms with Gasteiger partial charge in [0, 0.05) is 25.2 Å². The van der Waals surface area contributed by atoms with Crippen molar-refractivity contribution < 1.29 is 13.2 Å². The van der Waals surface area contributed by atoms with Crippen LogP contribution in [0, 0.1) is 12.8 Å². The fourth-order valence-corrected chi connectivity index (χ4v) is 4.64. The number of hydrogen-bond donors (Lipinski definition) is 1. The van der Waals surface area contributed by atoms with E-state index in [4.69, 9.17) is 0 Å². The number of piperidine rings is 1. The van der Waals surface area contributed by atoms with Crippen LogP contribution in [0.2, 0.25) is 0 Å². The van der Waals surface area contributed by atoms with Gasteiger partial charge in [-0.2, -0.15) is 9.41 Å². The minimum absolute atomic E-state index is 0.179. The summed E-state index contributed by atoms with van der Waals surface area (Å²) in [4.78, 5) is 12.6. The first-order chi connectivity index (χ1) is 14.0. The van der Waals surface area contributed by atoms with Crippen molar-refractivity contribution in [1.29, 1.82) is 0 Å². The van der Waals surface area contributed by atoms with E-state index < -0.39 is 10.0 Å². The number of sulfonamides is 1. The quantitative estimate of drug-likeness (QED) is 0.586. The van der Waals surface area contributed by atoms with Gasteiger partial charge in [-0.1, -0.05) is 54.1 Å². The summed E-state index contributed by atoms with van der Waals surface area (Å²) >= 11 is 0. The molecular formula is C22H25N3O3S. The molecule has 1 aliphatic rings. The molecule has 0 atom stereocenters. The number of carbonyl (C=O) groups excluding carboxylic acids is 1. The van der Waals surface area contributed by atoms with Crippen LogP contribution in [0.3, 0.4) is 0 Å². The minimum Gasteiger partial charge on any atom is -0.273 e. The summed E-state index contributed by atoms with van der Waals surface area (Å²) < 4.78 is 26.9. The number of hydrazone groups is 1. The van der Waals surface area contributed by atoms with Gasteiger partial charge in [-0.05, 0) is 43.5 Å². The molecule has 1 aliphatic heterocycles. The molecule has 1 saturated heterocycles. The van der Waals surface area contributed by atoms with E-state index in [2.05, 4.69) is 10.5 Å². The van der Waals surface area contributed by atoms with Crippen LogP contribution in [0.15, 0.2) is 70.7 Å². The number of nitrogens with zero attached hydrogens (tertiary/aromatic N) is 2. The van der Waals surface area contributed by atoms with E-state index >= 15 is 0 Å². The van der Waals surface area contributed by atoms with Gasteiger partial charge < -0.3 is 0 Å². The Bertz CT molecular complexity index is 976. The minimum atomic E-state index is -3.52. The van der Waals surface area contributed by atoms with Gasteiger partial charge in [0.15, 0.2) is 0 Å². The van der Waals surface area contributed by atoms with Crippen LogP contribution >= 0.6 is 0 Å². The molecule has 1 N–H and O–H groups in total. The molecule has 1 fully saturated rings. The van der Waals surface area contributed by atoms with Crippen molar-refractivity contribution in [2.45, 2.75) is 24.7 Å². The van der Waals surface area contributed by atoms with Gasteiger partial charge in [-0.3, -0.25) is 4.79 Å². The Morgan fingerprint density at radius 3 is 2.38 bits per heavy atom. The first-order valence-electron chi connectivity index (χ1n) is 9.58. The number of hydrogen-bond acceptors (Lipinski definition) is 4. The molecule has 0 unspecified atom stereocenters. The molecule has 3 rings (SSSR count). The van der Waals surface area contributed by atoms with Gasteiger partial charge in [0.2, 0.25) is 15.9 Å². The highest BCUT2D eigenvalue weighted by Gasteiger charge is 2.31. The van der Waals surface area contributed by atoms with Gasteiger partial charge in [0.05, 0.1) is 4.90 Å². The third-order valence-electron chi connectivity index (χ3n) is 4.91. The first-order valence-corrected chi connectivity index (χ1v) is 11.0. The monoisotopic (exact) mass is 411 g/mol. The van der Waals surface area contributed by atoms with Crippen LogP contribution in [-0.2, 0) is 14.8 Å². The maximum absolute atomic E-state index is 12.7. The Kier molecular flexibility index (Phi) is 6.95. The zero-order chi connectivity index (χ0) is 20.7. The molecule has 2 aromatic rings. The second-order valence-corrected chi connectivity index (χ2v) is 8.95.